The molecule has 3 saturated carbocycles. The van der Waals surface area contributed by atoms with Crippen molar-refractivity contribution in [3.05, 3.63) is 71.1 Å². The van der Waals surface area contributed by atoms with Crippen LogP contribution in [0.15, 0.2) is 0 Å². The van der Waals surface area contributed by atoms with Crippen LogP contribution in [0.25, 0.3) is 0 Å². The van der Waals surface area contributed by atoms with Gasteiger partial charge >= 0.3 is 0 Å². The molecule has 0 saturated heterocycles. The summed E-state index contributed by atoms with van der Waals surface area (Å²) in [6.45, 7) is 3.77. The summed E-state index contributed by atoms with van der Waals surface area (Å²) in [5.74, 6) is 0.319. The Labute approximate surface area is 129 Å². The first-order chi connectivity index (χ1) is 8.30. The fraction of sp³-hybridized carbons (Fsp3) is 0.312. The van der Waals surface area contributed by atoms with Crippen molar-refractivity contribution in [2.24, 2.45) is 5.92 Å². The third-order valence-corrected chi connectivity index (χ3v) is 2.73. The van der Waals surface area contributed by atoms with E-state index in [0.29, 0.717) is 5.92 Å². The SMILES string of the molecule is [CH2-][C@H]1CCC[C@H]1O.[CH]1[CH][CH][CH][CH]1.[CH]1[CH][CH][CH][CH]1.[Ti]. The molecule has 96 valence electrons. The molecule has 0 aromatic rings. The van der Waals surface area contributed by atoms with Gasteiger partial charge in [0.2, 0.25) is 0 Å². The second kappa shape index (κ2) is 12.7. The average molecular weight is 277 g/mol. The van der Waals surface area contributed by atoms with Gasteiger partial charge in [0.1, 0.15) is 0 Å². The number of aliphatic hydroxyl groups is 1. The number of rotatable bonds is 0. The van der Waals surface area contributed by atoms with Gasteiger partial charge in [-0.25, -0.2) is 0 Å². The van der Waals surface area contributed by atoms with Crippen LogP contribution in [0.2, 0.25) is 0 Å². The molecule has 0 spiro atoms. The van der Waals surface area contributed by atoms with Gasteiger partial charge < -0.3 is 12.0 Å². The predicted octanol–water partition coefficient (Wildman–Crippen LogP) is 3.02. The molecule has 2 atom stereocenters. The molecular weight excluding hydrogens is 256 g/mol. The first-order valence-electron chi connectivity index (χ1n) is 6.15. The maximum Gasteiger partial charge on any atom is 0.0296 e. The number of hydrogen-bond acceptors (Lipinski definition) is 1. The Kier molecular flexibility index (Phi) is 13.2. The summed E-state index contributed by atoms with van der Waals surface area (Å²) >= 11 is 0. The van der Waals surface area contributed by atoms with Crippen LogP contribution in [0.1, 0.15) is 19.3 Å². The minimum Gasteiger partial charge on any atom is -0.396 e. The standard InChI is InChI=1S/C6H11O.2C5H5.Ti/c1-5-3-2-4-6(5)7;2*1-2-4-5-3-1;/h5-7H,1-4H2;2*1-5H;/q-1;;;/t5-,6+;;;/m0.../s1. The van der Waals surface area contributed by atoms with E-state index in [0.717, 1.165) is 19.3 Å². The van der Waals surface area contributed by atoms with Crippen LogP contribution in [0, 0.1) is 77.0 Å². The smallest absolute Gasteiger partial charge is 0.0296 e. The van der Waals surface area contributed by atoms with Gasteiger partial charge in [-0.2, -0.15) is 0 Å². The monoisotopic (exact) mass is 277 g/mol. The maximum atomic E-state index is 8.94. The fourth-order valence-corrected chi connectivity index (χ4v) is 1.66. The van der Waals surface area contributed by atoms with Crippen molar-refractivity contribution in [2.75, 3.05) is 0 Å². The molecule has 0 aliphatic heterocycles. The topological polar surface area (TPSA) is 20.2 Å². The predicted molar refractivity (Wildman–Crippen MR) is 71.7 cm³/mol. The molecule has 10 radical (unpaired) electrons. The van der Waals surface area contributed by atoms with E-state index in [1.54, 1.807) is 0 Å². The first-order valence-corrected chi connectivity index (χ1v) is 6.15. The Morgan fingerprint density at radius 1 is 0.722 bits per heavy atom. The zero-order valence-electron chi connectivity index (χ0n) is 10.7. The third-order valence-electron chi connectivity index (χ3n) is 2.73. The van der Waals surface area contributed by atoms with Gasteiger partial charge in [0.25, 0.3) is 0 Å². The van der Waals surface area contributed by atoms with E-state index in [2.05, 4.69) is 6.92 Å². The fourth-order valence-electron chi connectivity index (χ4n) is 1.66. The average Bonchev–Trinajstić information content (AvgIpc) is 3.05. The minimum absolute atomic E-state index is 0. The van der Waals surface area contributed by atoms with E-state index in [1.807, 2.05) is 64.2 Å². The second-order valence-corrected chi connectivity index (χ2v) is 4.18. The summed E-state index contributed by atoms with van der Waals surface area (Å²) in [5.41, 5.74) is 0. The summed E-state index contributed by atoms with van der Waals surface area (Å²) in [4.78, 5) is 0. The van der Waals surface area contributed by atoms with Crippen LogP contribution in [0.5, 0.6) is 0 Å². The molecule has 3 aliphatic carbocycles. The summed E-state index contributed by atoms with van der Waals surface area (Å²) < 4.78 is 0. The van der Waals surface area contributed by atoms with Crippen molar-refractivity contribution in [2.45, 2.75) is 25.4 Å². The van der Waals surface area contributed by atoms with Crippen molar-refractivity contribution in [3.8, 4) is 0 Å². The van der Waals surface area contributed by atoms with E-state index < -0.39 is 0 Å². The Bertz CT molecular complexity index is 131. The van der Waals surface area contributed by atoms with E-state index in [1.165, 1.54) is 0 Å². The van der Waals surface area contributed by atoms with Crippen LogP contribution < -0.4 is 0 Å². The van der Waals surface area contributed by atoms with Crippen LogP contribution >= 0.6 is 0 Å². The molecule has 1 nitrogen and oxygen atoms in total. The summed E-state index contributed by atoms with van der Waals surface area (Å²) in [5, 5.41) is 8.94. The van der Waals surface area contributed by atoms with E-state index in [4.69, 9.17) is 5.11 Å². The molecule has 18 heavy (non-hydrogen) atoms. The van der Waals surface area contributed by atoms with Gasteiger partial charge in [-0.1, -0.05) is 12.8 Å². The Morgan fingerprint density at radius 2 is 1.06 bits per heavy atom. The Hall–Kier alpha value is 0.674. The molecule has 2 heteroatoms. The minimum atomic E-state index is -0.0972. The van der Waals surface area contributed by atoms with Crippen LogP contribution in [-0.2, 0) is 21.7 Å². The van der Waals surface area contributed by atoms with Gasteiger partial charge in [0.05, 0.1) is 0 Å². The normalized spacial score (nSPS) is 29.7. The number of hydrogen-bond donors (Lipinski definition) is 1. The van der Waals surface area contributed by atoms with Gasteiger partial charge in [0.15, 0.2) is 0 Å². The van der Waals surface area contributed by atoms with Gasteiger partial charge in [-0.15, -0.1) is 5.92 Å². The van der Waals surface area contributed by atoms with Crippen molar-refractivity contribution in [3.63, 3.8) is 0 Å². The van der Waals surface area contributed by atoms with Crippen molar-refractivity contribution >= 4 is 0 Å². The van der Waals surface area contributed by atoms with Crippen molar-refractivity contribution in [1.82, 2.24) is 0 Å². The van der Waals surface area contributed by atoms with Crippen molar-refractivity contribution in [1.29, 1.82) is 0 Å². The zero-order chi connectivity index (χ0) is 12.3. The van der Waals surface area contributed by atoms with Crippen LogP contribution in [0.4, 0.5) is 0 Å². The molecule has 0 aromatic heterocycles. The summed E-state index contributed by atoms with van der Waals surface area (Å²) in [7, 11) is 0. The van der Waals surface area contributed by atoms with Gasteiger partial charge in [-0.3, -0.25) is 0 Å². The molecule has 0 unspecified atom stereocenters. The number of aliphatic hydroxyl groups excluding tert-OH is 1. The molecule has 0 bridgehead atoms. The van der Waals surface area contributed by atoms with Crippen molar-refractivity contribution < 1.29 is 26.8 Å². The Morgan fingerprint density at radius 3 is 1.17 bits per heavy atom. The molecule has 0 amide bonds. The maximum absolute atomic E-state index is 8.94. The van der Waals surface area contributed by atoms with E-state index in [-0.39, 0.29) is 27.8 Å². The molecule has 1 N–H and O–H groups in total. The summed E-state index contributed by atoms with van der Waals surface area (Å²) in [6.07, 6.45) is 23.1. The third kappa shape index (κ3) is 9.58. The molecule has 3 rings (SSSR count). The molecule has 0 heterocycles. The molecule has 3 aliphatic rings. The van der Waals surface area contributed by atoms with Crippen LogP contribution in [-0.4, -0.2) is 11.2 Å². The van der Waals surface area contributed by atoms with E-state index >= 15 is 0 Å². The molecule has 3 fully saturated rings. The summed E-state index contributed by atoms with van der Waals surface area (Å²) in [6, 6.07) is 0. The Balaban J connectivity index is 0.000000239. The van der Waals surface area contributed by atoms with Gasteiger partial charge in [0, 0.05) is 27.8 Å². The van der Waals surface area contributed by atoms with Gasteiger partial charge in [-0.05, 0) is 70.6 Å². The molecular formula is C16H21OTi-. The van der Waals surface area contributed by atoms with E-state index in [9.17, 15) is 0 Å². The quantitative estimate of drug-likeness (QED) is 0.533. The zero-order valence-corrected chi connectivity index (χ0v) is 12.3. The molecule has 0 aromatic carbocycles. The van der Waals surface area contributed by atoms with Crippen LogP contribution in [0.3, 0.4) is 0 Å². The second-order valence-electron chi connectivity index (χ2n) is 4.18. The largest absolute Gasteiger partial charge is 0.396 e. The first kappa shape index (κ1) is 18.7.